The first-order chi connectivity index (χ1) is 16.3. The van der Waals surface area contributed by atoms with Gasteiger partial charge in [0.1, 0.15) is 12.3 Å². The Balaban J connectivity index is 1.77. The van der Waals surface area contributed by atoms with Crippen molar-refractivity contribution >= 4 is 21.6 Å². The van der Waals surface area contributed by atoms with E-state index in [-0.39, 0.29) is 23.4 Å². The molecular formula is C27H32N2O4S. The molecule has 7 heteroatoms. The van der Waals surface area contributed by atoms with Gasteiger partial charge in [0.25, 0.3) is 10.0 Å². The Labute approximate surface area is 202 Å². The van der Waals surface area contributed by atoms with Crippen molar-refractivity contribution in [3.63, 3.8) is 0 Å². The number of hydrogen-bond donors (Lipinski definition) is 1. The summed E-state index contributed by atoms with van der Waals surface area (Å²) < 4.78 is 33.6. The number of sulfonamides is 1. The third-order valence-corrected chi connectivity index (χ3v) is 7.24. The van der Waals surface area contributed by atoms with Crippen molar-refractivity contribution in [2.45, 2.75) is 44.6 Å². The maximum absolute atomic E-state index is 13.5. The van der Waals surface area contributed by atoms with Crippen LogP contribution >= 0.6 is 0 Å². The van der Waals surface area contributed by atoms with Crippen molar-refractivity contribution < 1.29 is 17.9 Å². The Morgan fingerprint density at radius 3 is 2.24 bits per heavy atom. The summed E-state index contributed by atoms with van der Waals surface area (Å²) in [5.41, 5.74) is 2.55. The molecule has 0 saturated heterocycles. The molecule has 0 unspecified atom stereocenters. The number of carbonyl (C=O) groups is 1. The van der Waals surface area contributed by atoms with E-state index in [0.29, 0.717) is 18.0 Å². The first-order valence-corrected chi connectivity index (χ1v) is 12.9. The quantitative estimate of drug-likeness (QED) is 0.431. The SMILES string of the molecule is CCOc1ccc(N(CC(=O)N[C@H](C)CCc2ccccc2)S(=O)(=O)c2ccc(C)cc2)cc1. The molecule has 0 heterocycles. The summed E-state index contributed by atoms with van der Waals surface area (Å²) in [7, 11) is -3.95. The molecule has 3 aromatic carbocycles. The minimum Gasteiger partial charge on any atom is -0.494 e. The van der Waals surface area contributed by atoms with Crippen molar-refractivity contribution in [2.75, 3.05) is 17.5 Å². The molecular weight excluding hydrogens is 448 g/mol. The van der Waals surface area contributed by atoms with Gasteiger partial charge in [0.15, 0.2) is 0 Å². The second-order valence-electron chi connectivity index (χ2n) is 8.24. The Kier molecular flexibility index (Phi) is 8.71. The van der Waals surface area contributed by atoms with E-state index in [1.54, 1.807) is 48.5 Å². The van der Waals surface area contributed by atoms with Gasteiger partial charge < -0.3 is 10.1 Å². The molecule has 34 heavy (non-hydrogen) atoms. The second kappa shape index (κ2) is 11.7. The number of hydrogen-bond acceptors (Lipinski definition) is 4. The van der Waals surface area contributed by atoms with Crippen LogP contribution in [0, 0.1) is 6.92 Å². The van der Waals surface area contributed by atoms with Gasteiger partial charge >= 0.3 is 0 Å². The van der Waals surface area contributed by atoms with Gasteiger partial charge in [-0.2, -0.15) is 0 Å². The van der Waals surface area contributed by atoms with Crippen molar-refractivity contribution in [1.82, 2.24) is 5.32 Å². The van der Waals surface area contributed by atoms with E-state index in [4.69, 9.17) is 4.74 Å². The van der Waals surface area contributed by atoms with E-state index in [9.17, 15) is 13.2 Å². The van der Waals surface area contributed by atoms with E-state index in [1.807, 2.05) is 39.0 Å². The number of ether oxygens (including phenoxy) is 1. The first-order valence-electron chi connectivity index (χ1n) is 11.4. The van der Waals surface area contributed by atoms with Crippen LogP contribution in [0.5, 0.6) is 5.75 Å². The van der Waals surface area contributed by atoms with Crippen LogP contribution in [-0.2, 0) is 21.2 Å². The average molecular weight is 481 g/mol. The lowest BCUT2D eigenvalue weighted by molar-refractivity contribution is -0.120. The minimum atomic E-state index is -3.95. The lowest BCUT2D eigenvalue weighted by Crippen LogP contribution is -2.43. The molecule has 1 N–H and O–H groups in total. The van der Waals surface area contributed by atoms with Crippen LogP contribution in [0.2, 0.25) is 0 Å². The molecule has 0 fully saturated rings. The van der Waals surface area contributed by atoms with Gasteiger partial charge in [-0.3, -0.25) is 9.10 Å². The van der Waals surface area contributed by atoms with Gasteiger partial charge in [0.05, 0.1) is 17.2 Å². The molecule has 0 radical (unpaired) electrons. The van der Waals surface area contributed by atoms with Crippen molar-refractivity contribution in [3.8, 4) is 5.75 Å². The van der Waals surface area contributed by atoms with Gasteiger partial charge in [0, 0.05) is 6.04 Å². The molecule has 1 amide bonds. The Morgan fingerprint density at radius 2 is 1.62 bits per heavy atom. The van der Waals surface area contributed by atoms with Crippen LogP contribution in [0.3, 0.4) is 0 Å². The van der Waals surface area contributed by atoms with Gasteiger partial charge in [-0.25, -0.2) is 8.42 Å². The van der Waals surface area contributed by atoms with Crippen LogP contribution in [0.15, 0.2) is 83.8 Å². The van der Waals surface area contributed by atoms with Crippen LogP contribution in [0.4, 0.5) is 5.69 Å². The molecule has 0 spiro atoms. The fourth-order valence-electron chi connectivity index (χ4n) is 3.58. The van der Waals surface area contributed by atoms with E-state index < -0.39 is 10.0 Å². The zero-order chi connectivity index (χ0) is 24.6. The molecule has 0 saturated carbocycles. The largest absolute Gasteiger partial charge is 0.494 e. The lowest BCUT2D eigenvalue weighted by Gasteiger charge is -2.25. The zero-order valence-corrected chi connectivity index (χ0v) is 20.7. The topological polar surface area (TPSA) is 75.7 Å². The van der Waals surface area contributed by atoms with Gasteiger partial charge in [-0.05, 0) is 75.6 Å². The molecule has 0 aromatic heterocycles. The van der Waals surface area contributed by atoms with Gasteiger partial charge in [-0.1, -0.05) is 48.0 Å². The van der Waals surface area contributed by atoms with Gasteiger partial charge in [-0.15, -0.1) is 0 Å². The Morgan fingerprint density at radius 1 is 0.971 bits per heavy atom. The summed E-state index contributed by atoms with van der Waals surface area (Å²) in [4.78, 5) is 13.0. The highest BCUT2D eigenvalue weighted by Gasteiger charge is 2.27. The van der Waals surface area contributed by atoms with E-state index in [0.717, 1.165) is 22.7 Å². The van der Waals surface area contributed by atoms with Crippen LogP contribution < -0.4 is 14.4 Å². The maximum Gasteiger partial charge on any atom is 0.264 e. The summed E-state index contributed by atoms with van der Waals surface area (Å²) >= 11 is 0. The smallest absolute Gasteiger partial charge is 0.264 e. The number of benzene rings is 3. The monoisotopic (exact) mass is 480 g/mol. The van der Waals surface area contributed by atoms with Crippen LogP contribution in [0.1, 0.15) is 31.4 Å². The van der Waals surface area contributed by atoms with Crippen molar-refractivity contribution in [1.29, 1.82) is 0 Å². The fraction of sp³-hybridized carbons (Fsp3) is 0.296. The number of aryl methyl sites for hydroxylation is 2. The lowest BCUT2D eigenvalue weighted by atomic mass is 10.1. The van der Waals surface area contributed by atoms with Crippen LogP contribution in [-0.4, -0.2) is 33.5 Å². The molecule has 180 valence electrons. The molecule has 3 aromatic rings. The van der Waals surface area contributed by atoms with Gasteiger partial charge in [0.2, 0.25) is 5.91 Å². The molecule has 3 rings (SSSR count). The molecule has 0 aliphatic heterocycles. The number of carbonyl (C=O) groups excluding carboxylic acids is 1. The Hall–Kier alpha value is -3.32. The highest BCUT2D eigenvalue weighted by molar-refractivity contribution is 7.92. The third-order valence-electron chi connectivity index (χ3n) is 5.45. The molecule has 0 aliphatic rings. The summed E-state index contributed by atoms with van der Waals surface area (Å²) in [5, 5.41) is 2.94. The van der Waals surface area contributed by atoms with E-state index in [2.05, 4.69) is 17.4 Å². The predicted molar refractivity (Wildman–Crippen MR) is 136 cm³/mol. The molecule has 1 atom stereocenters. The second-order valence-corrected chi connectivity index (χ2v) is 10.1. The maximum atomic E-state index is 13.5. The molecule has 0 bridgehead atoms. The molecule has 0 aliphatic carbocycles. The summed E-state index contributed by atoms with van der Waals surface area (Å²) in [6.45, 7) is 5.89. The summed E-state index contributed by atoms with van der Waals surface area (Å²) in [5.74, 6) is 0.281. The average Bonchev–Trinajstić information content (AvgIpc) is 2.83. The highest BCUT2D eigenvalue weighted by atomic mass is 32.2. The number of amides is 1. The summed E-state index contributed by atoms with van der Waals surface area (Å²) in [6.07, 6.45) is 1.58. The third kappa shape index (κ3) is 6.84. The predicted octanol–water partition coefficient (Wildman–Crippen LogP) is 4.73. The standard InChI is InChI=1S/C27H32N2O4S/c1-4-33-25-16-14-24(15-17-25)29(34(31,32)26-18-10-21(2)11-19-26)20-27(30)28-22(3)12-13-23-8-6-5-7-9-23/h5-11,14-19,22H,4,12-13,20H2,1-3H3,(H,28,30)/t22-/m1/s1. The highest BCUT2D eigenvalue weighted by Crippen LogP contribution is 2.26. The minimum absolute atomic E-state index is 0.100. The Bertz CT molecular complexity index is 1160. The normalized spacial score (nSPS) is 12.1. The van der Waals surface area contributed by atoms with Crippen molar-refractivity contribution in [2.24, 2.45) is 0 Å². The zero-order valence-electron chi connectivity index (χ0n) is 19.9. The number of anilines is 1. The number of rotatable bonds is 11. The van der Waals surface area contributed by atoms with E-state index in [1.165, 1.54) is 5.56 Å². The number of nitrogens with one attached hydrogen (secondary N) is 1. The van der Waals surface area contributed by atoms with E-state index >= 15 is 0 Å². The first kappa shape index (κ1) is 25.3. The summed E-state index contributed by atoms with van der Waals surface area (Å²) in [6, 6.07) is 23.3. The molecule has 6 nitrogen and oxygen atoms in total. The van der Waals surface area contributed by atoms with Crippen LogP contribution in [0.25, 0.3) is 0 Å². The number of nitrogens with zero attached hydrogens (tertiary/aromatic N) is 1. The fourth-order valence-corrected chi connectivity index (χ4v) is 5.00. The van der Waals surface area contributed by atoms with Crippen molar-refractivity contribution in [3.05, 3.63) is 90.0 Å².